The molecule has 0 radical (unpaired) electrons. The highest BCUT2D eigenvalue weighted by atomic mass is 16.6. The number of benzene rings is 3. The number of hydrogen-bond donors (Lipinski definition) is 1. The van der Waals surface area contributed by atoms with Crippen LogP contribution < -0.4 is 4.74 Å². The van der Waals surface area contributed by atoms with E-state index in [2.05, 4.69) is 4.98 Å². The first kappa shape index (κ1) is 22.8. The van der Waals surface area contributed by atoms with Gasteiger partial charge in [-0.15, -0.1) is 0 Å². The molecule has 1 aromatic heterocycles. The van der Waals surface area contributed by atoms with E-state index in [4.69, 9.17) is 4.74 Å². The number of nitrogens with one attached hydrogen (secondary N) is 1. The van der Waals surface area contributed by atoms with Crippen LogP contribution in [0.2, 0.25) is 0 Å². The predicted octanol–water partition coefficient (Wildman–Crippen LogP) is 3.97. The number of H-pyrrole nitrogens is 1. The lowest BCUT2D eigenvalue weighted by atomic mass is 9.86. The molecule has 1 saturated heterocycles. The van der Waals surface area contributed by atoms with Crippen LogP contribution >= 0.6 is 0 Å². The minimum absolute atomic E-state index is 0.0640. The molecule has 0 bridgehead atoms. The summed E-state index contributed by atoms with van der Waals surface area (Å²) in [5.74, 6) is 0.291. The number of methoxy groups -OCH3 is 1. The van der Waals surface area contributed by atoms with Crippen LogP contribution in [0.3, 0.4) is 0 Å². The van der Waals surface area contributed by atoms with E-state index < -0.39 is 17.0 Å². The summed E-state index contributed by atoms with van der Waals surface area (Å²) < 4.78 is 5.45. The van der Waals surface area contributed by atoms with E-state index >= 15 is 0 Å². The van der Waals surface area contributed by atoms with Gasteiger partial charge >= 0.3 is 0 Å². The zero-order valence-corrected chi connectivity index (χ0v) is 20.1. The number of rotatable bonds is 5. The van der Waals surface area contributed by atoms with E-state index in [-0.39, 0.29) is 30.6 Å². The third-order valence-corrected chi connectivity index (χ3v) is 7.29. The number of aromatic nitrogens is 1. The summed E-state index contributed by atoms with van der Waals surface area (Å²) in [5.41, 5.74) is 3.98. The number of amides is 2. The van der Waals surface area contributed by atoms with Crippen LogP contribution in [-0.2, 0) is 22.6 Å². The van der Waals surface area contributed by atoms with Crippen molar-refractivity contribution in [1.82, 2.24) is 14.8 Å². The Morgan fingerprint density at radius 1 is 1.05 bits per heavy atom. The molecule has 0 unspecified atom stereocenters. The number of para-hydroxylation sites is 2. The number of nitrogens with zero attached hydrogens (tertiary/aromatic N) is 3. The molecule has 2 amide bonds. The molecular weight excluding hydrogens is 472 g/mol. The van der Waals surface area contributed by atoms with Crippen molar-refractivity contribution in [2.75, 3.05) is 13.7 Å². The standard InChI is InChI=1S/C28H24N4O5/c1-37-24-12-5-2-7-18(24)15-30-16-25(33)31-23(28(30)34)14-21-20-10-3-4-11-22(20)29-26(21)27(31)17-8-6-9-19(13-17)32(35)36/h2-13,23,27,29H,14-16H2,1H3/t23-,27+/m0/s1. The molecular formula is C28H24N4O5. The normalized spacial score (nSPS) is 19.1. The molecule has 37 heavy (non-hydrogen) atoms. The summed E-state index contributed by atoms with van der Waals surface area (Å²) in [6.07, 6.45) is 0.359. The van der Waals surface area contributed by atoms with Crippen molar-refractivity contribution >= 4 is 28.4 Å². The Kier molecular flexibility index (Phi) is 5.40. The number of non-ortho nitro benzene ring substituents is 1. The van der Waals surface area contributed by atoms with Crippen LogP contribution in [0.15, 0.2) is 72.8 Å². The van der Waals surface area contributed by atoms with Crippen molar-refractivity contribution in [2.24, 2.45) is 0 Å². The monoisotopic (exact) mass is 496 g/mol. The molecule has 9 heteroatoms. The van der Waals surface area contributed by atoms with Gasteiger partial charge in [-0.1, -0.05) is 48.5 Å². The number of carbonyl (C=O) groups excluding carboxylic acids is 2. The van der Waals surface area contributed by atoms with Gasteiger partial charge in [0.25, 0.3) is 5.69 Å². The van der Waals surface area contributed by atoms with Crippen LogP contribution in [0.1, 0.15) is 28.4 Å². The Morgan fingerprint density at radius 2 is 1.84 bits per heavy atom. The number of nitro benzene ring substituents is 1. The van der Waals surface area contributed by atoms with Gasteiger partial charge in [0.15, 0.2) is 0 Å². The number of hydrogen-bond acceptors (Lipinski definition) is 5. The molecule has 6 rings (SSSR count). The summed E-state index contributed by atoms with van der Waals surface area (Å²) in [5, 5.41) is 12.5. The fourth-order valence-corrected chi connectivity index (χ4v) is 5.65. The smallest absolute Gasteiger partial charge is 0.269 e. The third-order valence-electron chi connectivity index (χ3n) is 7.29. The molecule has 4 aromatic rings. The van der Waals surface area contributed by atoms with Gasteiger partial charge < -0.3 is 19.5 Å². The number of ether oxygens (including phenoxy) is 1. The molecule has 1 N–H and O–H groups in total. The Morgan fingerprint density at radius 3 is 2.65 bits per heavy atom. The maximum absolute atomic E-state index is 13.9. The van der Waals surface area contributed by atoms with E-state index in [9.17, 15) is 19.7 Å². The molecule has 3 heterocycles. The molecule has 0 aliphatic carbocycles. The number of fused-ring (bicyclic) bond motifs is 4. The van der Waals surface area contributed by atoms with E-state index in [1.54, 1.807) is 29.0 Å². The van der Waals surface area contributed by atoms with Crippen LogP contribution in [-0.4, -0.2) is 51.2 Å². The molecule has 0 spiro atoms. The molecule has 3 aromatic carbocycles. The summed E-state index contributed by atoms with van der Waals surface area (Å²) in [7, 11) is 1.58. The maximum atomic E-state index is 13.9. The highest BCUT2D eigenvalue weighted by Crippen LogP contribution is 2.43. The van der Waals surface area contributed by atoms with Crippen molar-refractivity contribution in [1.29, 1.82) is 0 Å². The molecule has 1 fully saturated rings. The highest BCUT2D eigenvalue weighted by molar-refractivity contribution is 5.97. The second kappa shape index (κ2) is 8.77. The molecule has 2 atom stereocenters. The molecule has 2 aliphatic rings. The number of nitro groups is 1. The summed E-state index contributed by atoms with van der Waals surface area (Å²) in [6.45, 7) is 0.162. The predicted molar refractivity (Wildman–Crippen MR) is 136 cm³/mol. The second-order valence-electron chi connectivity index (χ2n) is 9.34. The molecule has 186 valence electrons. The lowest BCUT2D eigenvalue weighted by molar-refractivity contribution is -0.384. The van der Waals surface area contributed by atoms with E-state index in [1.807, 2.05) is 48.5 Å². The number of carbonyl (C=O) groups is 2. The molecule has 0 saturated carbocycles. The van der Waals surface area contributed by atoms with Gasteiger partial charge in [0, 0.05) is 47.3 Å². The van der Waals surface area contributed by atoms with Crippen LogP contribution in [0.5, 0.6) is 5.75 Å². The Hall–Kier alpha value is -4.66. The van der Waals surface area contributed by atoms with Gasteiger partial charge in [-0.3, -0.25) is 19.7 Å². The summed E-state index contributed by atoms with van der Waals surface area (Å²) in [6, 6.07) is 20.2. The zero-order chi connectivity index (χ0) is 25.7. The summed E-state index contributed by atoms with van der Waals surface area (Å²) >= 11 is 0. The van der Waals surface area contributed by atoms with Crippen LogP contribution in [0.25, 0.3) is 10.9 Å². The van der Waals surface area contributed by atoms with Gasteiger partial charge in [0.05, 0.1) is 18.1 Å². The number of aromatic amines is 1. The maximum Gasteiger partial charge on any atom is 0.269 e. The fraction of sp³-hybridized carbons (Fsp3) is 0.214. The Labute approximate surface area is 212 Å². The van der Waals surface area contributed by atoms with Gasteiger partial charge in [0.1, 0.15) is 18.3 Å². The van der Waals surface area contributed by atoms with Crippen molar-refractivity contribution in [3.8, 4) is 5.75 Å². The van der Waals surface area contributed by atoms with E-state index in [1.165, 1.54) is 12.1 Å². The highest BCUT2D eigenvalue weighted by Gasteiger charge is 2.48. The second-order valence-corrected chi connectivity index (χ2v) is 9.34. The molecule has 9 nitrogen and oxygen atoms in total. The lowest BCUT2D eigenvalue weighted by Gasteiger charge is -2.47. The van der Waals surface area contributed by atoms with E-state index in [0.29, 0.717) is 17.7 Å². The fourth-order valence-electron chi connectivity index (χ4n) is 5.65. The first-order valence-corrected chi connectivity index (χ1v) is 12.0. The SMILES string of the molecule is COc1ccccc1CN1CC(=O)N2[C@H](c3cccc([N+](=O)[O-])c3)c3[nH]c4ccccc4c3C[C@H]2C1=O. The first-order valence-electron chi connectivity index (χ1n) is 12.0. The van der Waals surface area contributed by atoms with Crippen molar-refractivity contribution < 1.29 is 19.2 Å². The van der Waals surface area contributed by atoms with Crippen LogP contribution in [0, 0.1) is 10.1 Å². The van der Waals surface area contributed by atoms with Crippen molar-refractivity contribution in [2.45, 2.75) is 25.0 Å². The van der Waals surface area contributed by atoms with Crippen LogP contribution in [0.4, 0.5) is 5.69 Å². The van der Waals surface area contributed by atoms with Gasteiger partial charge in [-0.25, -0.2) is 0 Å². The summed E-state index contributed by atoms with van der Waals surface area (Å²) in [4.78, 5) is 45.3. The zero-order valence-electron chi connectivity index (χ0n) is 20.1. The average Bonchev–Trinajstić information content (AvgIpc) is 3.29. The third kappa shape index (κ3) is 3.70. The quantitative estimate of drug-likeness (QED) is 0.332. The van der Waals surface area contributed by atoms with Gasteiger partial charge in [-0.05, 0) is 23.3 Å². The van der Waals surface area contributed by atoms with Crippen molar-refractivity contribution in [3.05, 3.63) is 105 Å². The molecule has 2 aliphatic heterocycles. The largest absolute Gasteiger partial charge is 0.496 e. The van der Waals surface area contributed by atoms with Crippen molar-refractivity contribution in [3.63, 3.8) is 0 Å². The van der Waals surface area contributed by atoms with Gasteiger partial charge in [0.2, 0.25) is 11.8 Å². The minimum Gasteiger partial charge on any atom is -0.496 e. The lowest BCUT2D eigenvalue weighted by Crippen LogP contribution is -2.62. The topological polar surface area (TPSA) is 109 Å². The number of piperazine rings is 1. The Balaban J connectivity index is 1.46. The minimum atomic E-state index is -0.730. The average molecular weight is 497 g/mol. The Bertz CT molecular complexity index is 1560. The first-order chi connectivity index (χ1) is 18.0. The van der Waals surface area contributed by atoms with E-state index in [0.717, 1.165) is 27.7 Å². The van der Waals surface area contributed by atoms with Gasteiger partial charge in [-0.2, -0.15) is 0 Å².